The van der Waals surface area contributed by atoms with Gasteiger partial charge in [-0.3, -0.25) is 9.59 Å². The summed E-state index contributed by atoms with van der Waals surface area (Å²) in [6.45, 7) is 1.88. The molecule has 0 unspecified atom stereocenters. The van der Waals surface area contributed by atoms with E-state index < -0.39 is 5.97 Å². The molecule has 0 atom stereocenters. The molecule has 0 spiro atoms. The molecule has 0 bridgehead atoms. The molecule has 0 radical (unpaired) electrons. The summed E-state index contributed by atoms with van der Waals surface area (Å²) in [6, 6.07) is 0. The highest BCUT2D eigenvalue weighted by Crippen LogP contribution is 2.11. The molecule has 7 heteroatoms. The van der Waals surface area contributed by atoms with E-state index in [-0.39, 0.29) is 18.9 Å². The van der Waals surface area contributed by atoms with Crippen LogP contribution in [0.1, 0.15) is 21.8 Å². The summed E-state index contributed by atoms with van der Waals surface area (Å²) in [5, 5.41) is 12.2. The second-order valence-electron chi connectivity index (χ2n) is 3.06. The Morgan fingerprint density at radius 2 is 2.20 bits per heavy atom. The Bertz CT molecular complexity index is 377. The molecule has 1 amide bonds. The van der Waals surface area contributed by atoms with E-state index >= 15 is 0 Å². The Morgan fingerprint density at radius 3 is 2.67 bits per heavy atom. The summed E-state index contributed by atoms with van der Waals surface area (Å²) in [5.74, 6) is -1.16. The van der Waals surface area contributed by atoms with Gasteiger partial charge in [0.1, 0.15) is 4.88 Å². The van der Waals surface area contributed by atoms with Crippen molar-refractivity contribution in [1.29, 1.82) is 0 Å². The molecule has 0 fully saturated rings. The molecule has 1 rings (SSSR count). The number of carbonyl (C=O) groups is 2. The predicted octanol–water partition coefficient (Wildman–Crippen LogP) is 0.393. The maximum Gasteiger partial charge on any atom is 0.305 e. The molecule has 0 aromatic carbocycles. The average molecular weight is 229 g/mol. The molecule has 0 saturated heterocycles. The number of aromatic nitrogens is 2. The van der Waals surface area contributed by atoms with Crippen LogP contribution in [0.5, 0.6) is 0 Å². The molecule has 1 N–H and O–H groups in total. The summed E-state index contributed by atoms with van der Waals surface area (Å²) in [6.07, 6.45) is -0.0620. The number of carbonyl (C=O) groups excluding carboxylic acids is 1. The minimum absolute atomic E-state index is 0.0620. The Balaban J connectivity index is 2.61. The highest BCUT2D eigenvalue weighted by Gasteiger charge is 2.17. The Hall–Kier alpha value is -1.50. The number of nitrogens with zero attached hydrogens (tertiary/aromatic N) is 3. The Labute approximate surface area is 90.7 Å². The van der Waals surface area contributed by atoms with Crippen molar-refractivity contribution in [3.05, 3.63) is 10.6 Å². The van der Waals surface area contributed by atoms with E-state index in [1.165, 1.54) is 4.90 Å². The third-order valence-electron chi connectivity index (χ3n) is 1.85. The summed E-state index contributed by atoms with van der Waals surface area (Å²) in [5.41, 5.74) is 0.576. The number of carboxylic acid groups (broad SMARTS) is 1. The molecule has 82 valence electrons. The number of carboxylic acids is 1. The molecule has 6 nitrogen and oxygen atoms in total. The van der Waals surface area contributed by atoms with Crippen LogP contribution < -0.4 is 0 Å². The van der Waals surface area contributed by atoms with Gasteiger partial charge >= 0.3 is 5.97 Å². The van der Waals surface area contributed by atoms with Gasteiger partial charge in [0.2, 0.25) is 0 Å². The van der Waals surface area contributed by atoms with Crippen LogP contribution in [0.25, 0.3) is 0 Å². The van der Waals surface area contributed by atoms with Crippen molar-refractivity contribution in [2.45, 2.75) is 13.3 Å². The van der Waals surface area contributed by atoms with Gasteiger partial charge in [0.15, 0.2) is 0 Å². The van der Waals surface area contributed by atoms with Gasteiger partial charge in [-0.25, -0.2) is 0 Å². The fraction of sp³-hybridized carbons (Fsp3) is 0.500. The van der Waals surface area contributed by atoms with Gasteiger partial charge in [-0.1, -0.05) is 4.49 Å². The minimum Gasteiger partial charge on any atom is -0.481 e. The van der Waals surface area contributed by atoms with Crippen LogP contribution in [0.15, 0.2) is 0 Å². The predicted molar refractivity (Wildman–Crippen MR) is 53.9 cm³/mol. The van der Waals surface area contributed by atoms with Crippen molar-refractivity contribution in [1.82, 2.24) is 14.5 Å². The molecule has 1 aromatic rings. The molecular formula is C8H11N3O3S. The normalized spacial score (nSPS) is 10.0. The topological polar surface area (TPSA) is 83.4 Å². The number of hydrogen-bond donors (Lipinski definition) is 1. The maximum atomic E-state index is 11.7. The lowest BCUT2D eigenvalue weighted by Crippen LogP contribution is -2.28. The van der Waals surface area contributed by atoms with Gasteiger partial charge in [0.25, 0.3) is 5.91 Å². The van der Waals surface area contributed by atoms with E-state index in [1.807, 2.05) is 0 Å². The van der Waals surface area contributed by atoms with Gasteiger partial charge < -0.3 is 10.0 Å². The second kappa shape index (κ2) is 4.83. The number of rotatable bonds is 4. The zero-order valence-electron chi connectivity index (χ0n) is 8.43. The van der Waals surface area contributed by atoms with E-state index in [9.17, 15) is 9.59 Å². The lowest BCUT2D eigenvalue weighted by molar-refractivity contribution is -0.137. The van der Waals surface area contributed by atoms with Crippen molar-refractivity contribution in [3.8, 4) is 0 Å². The molecule has 15 heavy (non-hydrogen) atoms. The smallest absolute Gasteiger partial charge is 0.305 e. The third-order valence-corrected chi connectivity index (χ3v) is 2.67. The van der Waals surface area contributed by atoms with Crippen LogP contribution in [-0.4, -0.2) is 45.1 Å². The van der Waals surface area contributed by atoms with Crippen molar-refractivity contribution in [2.24, 2.45) is 0 Å². The van der Waals surface area contributed by atoms with Gasteiger partial charge in [0, 0.05) is 13.6 Å². The van der Waals surface area contributed by atoms with Crippen LogP contribution in [0.3, 0.4) is 0 Å². The Morgan fingerprint density at radius 1 is 1.53 bits per heavy atom. The molecule has 0 aliphatic carbocycles. The lowest BCUT2D eigenvalue weighted by Gasteiger charge is -2.14. The first-order chi connectivity index (χ1) is 7.02. The quantitative estimate of drug-likeness (QED) is 0.807. The summed E-state index contributed by atoms with van der Waals surface area (Å²) >= 11 is 1.02. The van der Waals surface area contributed by atoms with Crippen molar-refractivity contribution >= 4 is 23.4 Å². The zero-order valence-corrected chi connectivity index (χ0v) is 9.24. The molecule has 0 aliphatic rings. The highest BCUT2D eigenvalue weighted by molar-refractivity contribution is 7.07. The first-order valence-corrected chi connectivity index (χ1v) is 5.06. The van der Waals surface area contributed by atoms with Crippen LogP contribution >= 0.6 is 11.5 Å². The summed E-state index contributed by atoms with van der Waals surface area (Å²) < 4.78 is 3.65. The average Bonchev–Trinajstić information content (AvgIpc) is 2.59. The lowest BCUT2D eigenvalue weighted by atomic mass is 10.3. The van der Waals surface area contributed by atoms with Crippen molar-refractivity contribution < 1.29 is 14.7 Å². The SMILES string of the molecule is Cc1nnsc1C(=O)N(C)CCC(=O)O. The zero-order chi connectivity index (χ0) is 11.4. The standard InChI is InChI=1S/C8H11N3O3S/c1-5-7(15-10-9-5)8(14)11(2)4-3-6(12)13/h3-4H2,1-2H3,(H,12,13). The summed E-state index contributed by atoms with van der Waals surface area (Å²) in [7, 11) is 1.56. The molecular weight excluding hydrogens is 218 g/mol. The fourth-order valence-corrected chi connectivity index (χ4v) is 1.62. The van der Waals surface area contributed by atoms with Gasteiger partial charge in [0.05, 0.1) is 12.1 Å². The van der Waals surface area contributed by atoms with Crippen molar-refractivity contribution in [2.75, 3.05) is 13.6 Å². The van der Waals surface area contributed by atoms with E-state index in [4.69, 9.17) is 5.11 Å². The molecule has 1 aromatic heterocycles. The van der Waals surface area contributed by atoms with E-state index in [1.54, 1.807) is 14.0 Å². The van der Waals surface area contributed by atoms with Crippen LogP contribution in [0.4, 0.5) is 0 Å². The van der Waals surface area contributed by atoms with Crippen LogP contribution in [0, 0.1) is 6.92 Å². The molecule has 0 saturated carbocycles. The molecule has 1 heterocycles. The van der Waals surface area contributed by atoms with Crippen molar-refractivity contribution in [3.63, 3.8) is 0 Å². The number of amides is 1. The Kier molecular flexibility index (Phi) is 3.73. The number of hydrogen-bond acceptors (Lipinski definition) is 5. The monoisotopic (exact) mass is 229 g/mol. The number of aryl methyl sites for hydroxylation is 1. The number of aliphatic carboxylic acids is 1. The second-order valence-corrected chi connectivity index (χ2v) is 3.81. The maximum absolute atomic E-state index is 11.7. The molecule has 0 aliphatic heterocycles. The largest absolute Gasteiger partial charge is 0.481 e. The van der Waals surface area contributed by atoms with Gasteiger partial charge in [-0.2, -0.15) is 0 Å². The van der Waals surface area contributed by atoms with Gasteiger partial charge in [-0.15, -0.1) is 5.10 Å². The first-order valence-electron chi connectivity index (χ1n) is 4.28. The third kappa shape index (κ3) is 2.98. The van der Waals surface area contributed by atoms with E-state index in [0.29, 0.717) is 10.6 Å². The highest BCUT2D eigenvalue weighted by atomic mass is 32.1. The first kappa shape index (κ1) is 11.6. The van der Waals surface area contributed by atoms with E-state index in [0.717, 1.165) is 11.5 Å². The van der Waals surface area contributed by atoms with Crippen LogP contribution in [-0.2, 0) is 4.79 Å². The van der Waals surface area contributed by atoms with Crippen LogP contribution in [0.2, 0.25) is 0 Å². The van der Waals surface area contributed by atoms with Gasteiger partial charge in [-0.05, 0) is 18.5 Å². The fourth-order valence-electron chi connectivity index (χ4n) is 0.966. The van der Waals surface area contributed by atoms with E-state index in [2.05, 4.69) is 9.59 Å². The minimum atomic E-state index is -0.922. The summed E-state index contributed by atoms with van der Waals surface area (Å²) in [4.78, 5) is 23.8.